The maximum Gasteiger partial charge on any atom is 0.174 e. The molecular formula is C32H42O8. The van der Waals surface area contributed by atoms with Crippen LogP contribution in [0.4, 0.5) is 0 Å². The summed E-state index contributed by atoms with van der Waals surface area (Å²) in [6.45, 7) is 7.75. The highest BCUT2D eigenvalue weighted by atomic mass is 16.5. The molecule has 0 spiro atoms. The zero-order valence-corrected chi connectivity index (χ0v) is 25.5. The zero-order valence-electron chi connectivity index (χ0n) is 25.5. The van der Waals surface area contributed by atoms with Crippen LogP contribution in [0.5, 0.6) is 34.5 Å². The molecule has 0 fully saturated rings. The predicted molar refractivity (Wildman–Crippen MR) is 152 cm³/mol. The largest absolute Gasteiger partial charge is 0.496 e. The highest BCUT2D eigenvalue weighted by Crippen LogP contribution is 2.62. The monoisotopic (exact) mass is 554 g/mol. The summed E-state index contributed by atoms with van der Waals surface area (Å²) in [5.74, 6) is 3.02. The van der Waals surface area contributed by atoms with Crippen molar-refractivity contribution in [2.75, 3.05) is 42.7 Å². The second kappa shape index (κ2) is 10.9. The molecule has 2 aromatic rings. The van der Waals surface area contributed by atoms with Crippen LogP contribution in [0.3, 0.4) is 0 Å². The Balaban J connectivity index is 2.02. The number of carbonyl (C=O) groups excluding carboxylic acids is 2. The van der Waals surface area contributed by atoms with Gasteiger partial charge in [-0.3, -0.25) is 9.59 Å². The lowest BCUT2D eigenvalue weighted by Gasteiger charge is -2.52. The molecule has 2 atom stereocenters. The van der Waals surface area contributed by atoms with E-state index < -0.39 is 10.8 Å². The summed E-state index contributed by atoms with van der Waals surface area (Å²) in [6.07, 6.45) is 3.12. The van der Waals surface area contributed by atoms with Gasteiger partial charge in [-0.2, -0.15) is 0 Å². The highest BCUT2D eigenvalue weighted by molar-refractivity contribution is 6.14. The third-order valence-corrected chi connectivity index (χ3v) is 9.66. The third kappa shape index (κ3) is 3.63. The van der Waals surface area contributed by atoms with Gasteiger partial charge in [0.15, 0.2) is 34.6 Å². The van der Waals surface area contributed by atoms with Gasteiger partial charge in [0.05, 0.1) is 53.8 Å². The first-order valence-electron chi connectivity index (χ1n) is 13.9. The molecular weight excluding hydrogens is 512 g/mol. The maximum atomic E-state index is 14.9. The lowest BCUT2D eigenvalue weighted by atomic mass is 9.48. The Hall–Kier alpha value is -3.42. The maximum absolute atomic E-state index is 14.9. The van der Waals surface area contributed by atoms with E-state index in [1.807, 2.05) is 27.7 Å². The first-order valence-corrected chi connectivity index (χ1v) is 13.9. The van der Waals surface area contributed by atoms with Gasteiger partial charge < -0.3 is 28.4 Å². The Morgan fingerprint density at radius 1 is 0.525 bits per heavy atom. The average molecular weight is 555 g/mol. The molecule has 0 bridgehead atoms. The van der Waals surface area contributed by atoms with E-state index in [0.29, 0.717) is 95.3 Å². The number of benzene rings is 2. The molecule has 8 nitrogen and oxygen atoms in total. The SMILES string of the molecule is CC[C@]1([C@]2(CC)CCc3c(OC)c(OC)c(C)c(OC)c3C2=O)CCc2c(OC)c(OC)c(C)c(OC)c2C1=O. The Morgan fingerprint density at radius 3 is 1.07 bits per heavy atom. The second-order valence-corrected chi connectivity index (χ2v) is 10.7. The fourth-order valence-electron chi connectivity index (χ4n) is 7.74. The van der Waals surface area contributed by atoms with Gasteiger partial charge in [-0.15, -0.1) is 0 Å². The van der Waals surface area contributed by atoms with Crippen molar-refractivity contribution in [1.29, 1.82) is 0 Å². The minimum absolute atomic E-state index is 0.0769. The first-order chi connectivity index (χ1) is 19.1. The van der Waals surface area contributed by atoms with Gasteiger partial charge >= 0.3 is 0 Å². The molecule has 40 heavy (non-hydrogen) atoms. The van der Waals surface area contributed by atoms with Crippen molar-refractivity contribution >= 4 is 11.6 Å². The van der Waals surface area contributed by atoms with Crippen molar-refractivity contribution in [1.82, 2.24) is 0 Å². The van der Waals surface area contributed by atoms with Crippen molar-refractivity contribution in [2.24, 2.45) is 10.8 Å². The smallest absolute Gasteiger partial charge is 0.174 e. The van der Waals surface area contributed by atoms with E-state index in [1.165, 1.54) is 0 Å². The summed E-state index contributed by atoms with van der Waals surface area (Å²) < 4.78 is 34.6. The molecule has 8 heteroatoms. The lowest BCUT2D eigenvalue weighted by molar-refractivity contribution is 0.0101. The van der Waals surface area contributed by atoms with Crippen LogP contribution < -0.4 is 28.4 Å². The molecule has 0 amide bonds. The van der Waals surface area contributed by atoms with E-state index in [1.54, 1.807) is 42.7 Å². The Labute approximate surface area is 237 Å². The van der Waals surface area contributed by atoms with Crippen molar-refractivity contribution in [3.05, 3.63) is 33.4 Å². The topological polar surface area (TPSA) is 89.5 Å². The summed E-state index contributed by atoms with van der Waals surface area (Å²) in [5.41, 5.74) is 2.02. The van der Waals surface area contributed by atoms with Crippen LogP contribution >= 0.6 is 0 Å². The quantitative estimate of drug-likeness (QED) is 0.367. The lowest BCUT2D eigenvalue weighted by Crippen LogP contribution is -2.55. The van der Waals surface area contributed by atoms with Crippen molar-refractivity contribution in [3.63, 3.8) is 0 Å². The van der Waals surface area contributed by atoms with Gasteiger partial charge in [0, 0.05) is 33.1 Å². The molecule has 0 saturated carbocycles. The Bertz CT molecular complexity index is 1260. The molecule has 2 aliphatic carbocycles. The molecule has 0 unspecified atom stereocenters. The molecule has 218 valence electrons. The van der Waals surface area contributed by atoms with E-state index in [0.717, 1.165) is 11.1 Å². The van der Waals surface area contributed by atoms with Crippen LogP contribution in [-0.4, -0.2) is 54.2 Å². The summed E-state index contributed by atoms with van der Waals surface area (Å²) in [5, 5.41) is 0. The minimum Gasteiger partial charge on any atom is -0.496 e. The number of hydrogen-bond acceptors (Lipinski definition) is 8. The van der Waals surface area contributed by atoms with E-state index in [2.05, 4.69) is 0 Å². The van der Waals surface area contributed by atoms with Gasteiger partial charge in [0.2, 0.25) is 0 Å². The van der Waals surface area contributed by atoms with Crippen molar-refractivity contribution in [3.8, 4) is 34.5 Å². The summed E-state index contributed by atoms with van der Waals surface area (Å²) in [4.78, 5) is 29.9. The molecule has 0 N–H and O–H groups in total. The van der Waals surface area contributed by atoms with Crippen molar-refractivity contribution < 1.29 is 38.0 Å². The van der Waals surface area contributed by atoms with Crippen LogP contribution in [-0.2, 0) is 12.8 Å². The summed E-state index contributed by atoms with van der Waals surface area (Å²) in [6, 6.07) is 0. The number of methoxy groups -OCH3 is 6. The zero-order chi connectivity index (χ0) is 29.6. The second-order valence-electron chi connectivity index (χ2n) is 10.7. The predicted octanol–water partition coefficient (Wildman–Crippen LogP) is 6.11. The number of Topliss-reactive ketones (excluding diaryl/α,β-unsaturated/α-hetero) is 2. The van der Waals surface area contributed by atoms with Crippen LogP contribution in [0.15, 0.2) is 0 Å². The highest BCUT2D eigenvalue weighted by Gasteiger charge is 2.62. The van der Waals surface area contributed by atoms with Gasteiger partial charge in [0.25, 0.3) is 0 Å². The number of fused-ring (bicyclic) bond motifs is 2. The molecule has 0 aromatic heterocycles. The fraction of sp³-hybridized carbons (Fsp3) is 0.562. The van der Waals surface area contributed by atoms with Gasteiger partial charge in [0.1, 0.15) is 11.5 Å². The standard InChI is InChI=1S/C32H42O8/c1-11-31(15-13-19-21(29(31)33)23(35-5)17(3)25(37-7)27(19)39-9)32(12-2)16-14-20-22(30(32)34)24(36-6)18(4)26(38-8)28(20)40-10/h11-16H2,1-10H3/t31-,32+. The van der Waals surface area contributed by atoms with E-state index in [9.17, 15) is 9.59 Å². The molecule has 0 radical (unpaired) electrons. The number of ketones is 2. The molecule has 0 heterocycles. The average Bonchev–Trinajstić information content (AvgIpc) is 2.97. The third-order valence-electron chi connectivity index (χ3n) is 9.66. The van der Waals surface area contributed by atoms with Crippen LogP contribution in [0.1, 0.15) is 82.5 Å². The van der Waals surface area contributed by atoms with E-state index in [-0.39, 0.29) is 11.6 Å². The number of carbonyl (C=O) groups is 2. The van der Waals surface area contributed by atoms with Gasteiger partial charge in [-0.1, -0.05) is 13.8 Å². The summed E-state index contributed by atoms with van der Waals surface area (Å²) in [7, 11) is 9.47. The van der Waals surface area contributed by atoms with Gasteiger partial charge in [-0.05, 0) is 52.4 Å². The minimum atomic E-state index is -0.949. The molecule has 2 aromatic carbocycles. The Kier molecular flexibility index (Phi) is 8.03. The van der Waals surface area contributed by atoms with Crippen LogP contribution in [0.25, 0.3) is 0 Å². The normalized spacial score (nSPS) is 21.9. The van der Waals surface area contributed by atoms with E-state index in [4.69, 9.17) is 28.4 Å². The Morgan fingerprint density at radius 2 is 0.825 bits per heavy atom. The van der Waals surface area contributed by atoms with E-state index >= 15 is 0 Å². The fourth-order valence-corrected chi connectivity index (χ4v) is 7.74. The molecule has 4 rings (SSSR count). The van der Waals surface area contributed by atoms with Crippen LogP contribution in [0.2, 0.25) is 0 Å². The number of hydrogen-bond donors (Lipinski definition) is 0. The van der Waals surface area contributed by atoms with Gasteiger partial charge in [-0.25, -0.2) is 0 Å². The molecule has 0 aliphatic heterocycles. The molecule has 0 saturated heterocycles. The number of ether oxygens (including phenoxy) is 6. The molecule has 2 aliphatic rings. The number of rotatable bonds is 9. The van der Waals surface area contributed by atoms with Crippen LogP contribution in [0, 0.1) is 24.7 Å². The first kappa shape index (κ1) is 29.6. The summed E-state index contributed by atoms with van der Waals surface area (Å²) >= 11 is 0. The van der Waals surface area contributed by atoms with Crippen molar-refractivity contribution in [2.45, 2.75) is 66.2 Å².